The van der Waals surface area contributed by atoms with E-state index in [-0.39, 0.29) is 30.2 Å². The van der Waals surface area contributed by atoms with Crippen LogP contribution in [0.3, 0.4) is 0 Å². The molecule has 1 amide bonds. The van der Waals surface area contributed by atoms with Crippen LogP contribution in [0.1, 0.15) is 31.7 Å². The molecule has 6 heteroatoms. The van der Waals surface area contributed by atoms with Crippen LogP contribution in [0.15, 0.2) is 24.3 Å². The van der Waals surface area contributed by atoms with E-state index in [0.717, 1.165) is 51.3 Å². The number of amides is 1. The Morgan fingerprint density at radius 2 is 2.04 bits per heavy atom. The van der Waals surface area contributed by atoms with Crippen LogP contribution in [0.4, 0.5) is 0 Å². The Bertz CT molecular complexity index is 505. The van der Waals surface area contributed by atoms with E-state index in [1.807, 2.05) is 24.3 Å². The fraction of sp³-hybridized carbons (Fsp3) is 0.611. The highest BCUT2D eigenvalue weighted by Gasteiger charge is 2.24. The van der Waals surface area contributed by atoms with Crippen molar-refractivity contribution < 1.29 is 4.79 Å². The minimum absolute atomic E-state index is 0. The predicted molar refractivity (Wildman–Crippen MR) is 103 cm³/mol. The zero-order valence-electron chi connectivity index (χ0n) is 14.6. The molecule has 1 atom stereocenters. The Morgan fingerprint density at radius 1 is 1.33 bits per heavy atom. The number of nitrogens with one attached hydrogen (secondary N) is 2. The Morgan fingerprint density at radius 3 is 2.67 bits per heavy atom. The fourth-order valence-corrected chi connectivity index (χ4v) is 3.30. The second kappa shape index (κ2) is 10.9. The van der Waals surface area contributed by atoms with E-state index in [4.69, 9.17) is 11.6 Å². The second-order valence-corrected chi connectivity index (χ2v) is 6.95. The van der Waals surface area contributed by atoms with E-state index in [2.05, 4.69) is 29.4 Å². The van der Waals surface area contributed by atoms with Crippen LogP contribution in [0.2, 0.25) is 5.02 Å². The maximum Gasteiger partial charge on any atom is 0.227 e. The summed E-state index contributed by atoms with van der Waals surface area (Å²) in [5.74, 6) is 0.192. The lowest BCUT2D eigenvalue weighted by atomic mass is 9.87. The van der Waals surface area contributed by atoms with Gasteiger partial charge in [-0.25, -0.2) is 0 Å². The van der Waals surface area contributed by atoms with E-state index in [1.54, 1.807) is 0 Å². The first-order valence-electron chi connectivity index (χ1n) is 8.54. The second-order valence-electron chi connectivity index (χ2n) is 6.51. The number of nitrogens with zero attached hydrogens (tertiary/aromatic N) is 1. The zero-order valence-corrected chi connectivity index (χ0v) is 16.1. The number of carbonyl (C=O) groups excluding carboxylic acids is 1. The van der Waals surface area contributed by atoms with Gasteiger partial charge in [-0.05, 0) is 36.6 Å². The van der Waals surface area contributed by atoms with Crippen LogP contribution in [0.25, 0.3) is 0 Å². The maximum absolute atomic E-state index is 12.6. The first kappa shape index (κ1) is 21.2. The molecule has 1 fully saturated rings. The lowest BCUT2D eigenvalue weighted by molar-refractivity contribution is -0.123. The molecule has 4 nitrogen and oxygen atoms in total. The quantitative estimate of drug-likeness (QED) is 0.722. The van der Waals surface area contributed by atoms with Crippen molar-refractivity contribution in [1.82, 2.24) is 15.5 Å². The molecule has 0 aromatic heterocycles. The van der Waals surface area contributed by atoms with Crippen molar-refractivity contribution in [3.05, 3.63) is 34.9 Å². The molecule has 2 rings (SSSR count). The van der Waals surface area contributed by atoms with Crippen LogP contribution in [-0.2, 0) is 4.79 Å². The van der Waals surface area contributed by atoms with Crippen molar-refractivity contribution in [2.24, 2.45) is 5.92 Å². The molecular formula is C18H29Cl2N3O. The summed E-state index contributed by atoms with van der Waals surface area (Å²) in [6.45, 7) is 10.3. The standard InChI is InChI=1S/C18H28ClN3O.ClH/c1-14(2)17(15-5-3-6-16(19)13-15)18(23)21-7-4-10-22-11-8-20-9-12-22;/h3,5-6,13-14,17,20H,4,7-12H2,1-2H3,(H,21,23);1H. The number of carbonyl (C=O) groups is 1. The summed E-state index contributed by atoms with van der Waals surface area (Å²) in [4.78, 5) is 15.0. The summed E-state index contributed by atoms with van der Waals surface area (Å²) < 4.78 is 0. The van der Waals surface area contributed by atoms with Crippen LogP contribution in [0.5, 0.6) is 0 Å². The van der Waals surface area contributed by atoms with E-state index >= 15 is 0 Å². The molecule has 136 valence electrons. The van der Waals surface area contributed by atoms with Gasteiger partial charge in [-0.2, -0.15) is 0 Å². The zero-order chi connectivity index (χ0) is 16.7. The maximum atomic E-state index is 12.6. The molecule has 0 spiro atoms. The van der Waals surface area contributed by atoms with Gasteiger partial charge in [0.05, 0.1) is 5.92 Å². The van der Waals surface area contributed by atoms with Gasteiger partial charge in [-0.3, -0.25) is 4.79 Å². The molecule has 0 radical (unpaired) electrons. The van der Waals surface area contributed by atoms with Gasteiger partial charge in [-0.1, -0.05) is 37.6 Å². The molecule has 0 bridgehead atoms. The third-order valence-electron chi connectivity index (χ3n) is 4.32. The molecular weight excluding hydrogens is 345 g/mol. The van der Waals surface area contributed by atoms with Gasteiger partial charge in [-0.15, -0.1) is 12.4 Å². The molecule has 1 heterocycles. The molecule has 1 aromatic rings. The summed E-state index contributed by atoms with van der Waals surface area (Å²) in [7, 11) is 0. The van der Waals surface area contributed by atoms with E-state index in [1.165, 1.54) is 0 Å². The normalized spacial score (nSPS) is 16.5. The Hall–Kier alpha value is -0.810. The van der Waals surface area contributed by atoms with Crippen LogP contribution in [-0.4, -0.2) is 50.1 Å². The van der Waals surface area contributed by atoms with Crippen molar-refractivity contribution in [1.29, 1.82) is 0 Å². The Labute approximate surface area is 156 Å². The molecule has 0 saturated carbocycles. The molecule has 1 aromatic carbocycles. The van der Waals surface area contributed by atoms with E-state index in [0.29, 0.717) is 5.02 Å². The van der Waals surface area contributed by atoms with Crippen molar-refractivity contribution in [3.63, 3.8) is 0 Å². The lowest BCUT2D eigenvalue weighted by Gasteiger charge is -2.27. The van der Waals surface area contributed by atoms with Crippen molar-refractivity contribution in [2.45, 2.75) is 26.2 Å². The van der Waals surface area contributed by atoms with Crippen molar-refractivity contribution in [3.8, 4) is 0 Å². The average molecular weight is 374 g/mol. The highest BCUT2D eigenvalue weighted by molar-refractivity contribution is 6.30. The summed E-state index contributed by atoms with van der Waals surface area (Å²) >= 11 is 6.07. The molecule has 1 aliphatic heterocycles. The predicted octanol–water partition coefficient (Wildman–Crippen LogP) is 2.91. The highest BCUT2D eigenvalue weighted by atomic mass is 35.5. The number of piperazine rings is 1. The van der Waals surface area contributed by atoms with Crippen LogP contribution >= 0.6 is 24.0 Å². The van der Waals surface area contributed by atoms with Crippen LogP contribution < -0.4 is 10.6 Å². The average Bonchev–Trinajstić information content (AvgIpc) is 2.52. The third-order valence-corrected chi connectivity index (χ3v) is 4.55. The molecule has 0 aliphatic carbocycles. The van der Waals surface area contributed by atoms with Gasteiger partial charge in [0, 0.05) is 37.7 Å². The third kappa shape index (κ3) is 6.60. The van der Waals surface area contributed by atoms with Gasteiger partial charge in [0.15, 0.2) is 0 Å². The highest BCUT2D eigenvalue weighted by Crippen LogP contribution is 2.26. The lowest BCUT2D eigenvalue weighted by Crippen LogP contribution is -2.44. The molecule has 1 aliphatic rings. The van der Waals surface area contributed by atoms with Gasteiger partial charge in [0.1, 0.15) is 0 Å². The largest absolute Gasteiger partial charge is 0.356 e. The molecule has 1 saturated heterocycles. The Kier molecular flexibility index (Phi) is 9.67. The van der Waals surface area contributed by atoms with Gasteiger partial charge in [0.25, 0.3) is 0 Å². The van der Waals surface area contributed by atoms with E-state index < -0.39 is 0 Å². The van der Waals surface area contributed by atoms with Gasteiger partial charge >= 0.3 is 0 Å². The SMILES string of the molecule is CC(C)C(C(=O)NCCCN1CCNCC1)c1cccc(Cl)c1.Cl. The summed E-state index contributed by atoms with van der Waals surface area (Å²) in [6.07, 6.45) is 0.992. The van der Waals surface area contributed by atoms with Crippen LogP contribution in [0, 0.1) is 5.92 Å². The number of hydrogen-bond donors (Lipinski definition) is 2. The fourth-order valence-electron chi connectivity index (χ4n) is 3.10. The van der Waals surface area contributed by atoms with Crippen molar-refractivity contribution >= 4 is 29.9 Å². The summed E-state index contributed by atoms with van der Waals surface area (Å²) in [5.41, 5.74) is 0.993. The number of benzene rings is 1. The number of halogens is 2. The minimum atomic E-state index is -0.145. The summed E-state index contributed by atoms with van der Waals surface area (Å²) in [6, 6.07) is 7.63. The molecule has 24 heavy (non-hydrogen) atoms. The number of rotatable bonds is 7. The number of hydrogen-bond acceptors (Lipinski definition) is 3. The van der Waals surface area contributed by atoms with E-state index in [9.17, 15) is 4.79 Å². The smallest absolute Gasteiger partial charge is 0.227 e. The first-order chi connectivity index (χ1) is 11.1. The molecule has 1 unspecified atom stereocenters. The van der Waals surface area contributed by atoms with Crippen molar-refractivity contribution in [2.75, 3.05) is 39.3 Å². The topological polar surface area (TPSA) is 44.4 Å². The Balaban J connectivity index is 0.00000288. The monoisotopic (exact) mass is 373 g/mol. The summed E-state index contributed by atoms with van der Waals surface area (Å²) in [5, 5.41) is 7.13. The van der Waals surface area contributed by atoms with Gasteiger partial charge < -0.3 is 15.5 Å². The first-order valence-corrected chi connectivity index (χ1v) is 8.92. The molecule has 2 N–H and O–H groups in total. The minimum Gasteiger partial charge on any atom is -0.356 e. The van der Waals surface area contributed by atoms with Gasteiger partial charge in [0.2, 0.25) is 5.91 Å².